The van der Waals surface area contributed by atoms with Gasteiger partial charge in [0.2, 0.25) is 5.91 Å². The van der Waals surface area contributed by atoms with Gasteiger partial charge in [-0.2, -0.15) is 0 Å². The quantitative estimate of drug-likeness (QED) is 0.902. The number of aromatic nitrogens is 3. The summed E-state index contributed by atoms with van der Waals surface area (Å²) in [7, 11) is 0. The van der Waals surface area contributed by atoms with E-state index in [1.807, 2.05) is 23.1 Å². The third kappa shape index (κ3) is 4.26. The van der Waals surface area contributed by atoms with Crippen molar-refractivity contribution in [1.29, 1.82) is 0 Å². The number of amides is 1. The Morgan fingerprint density at radius 1 is 1.11 bits per heavy atom. The highest BCUT2D eigenvalue weighted by Gasteiger charge is 2.27. The van der Waals surface area contributed by atoms with Gasteiger partial charge in [-0.3, -0.25) is 14.6 Å². The molecule has 1 aliphatic carbocycles. The largest absolute Gasteiger partial charge is 0.343 e. The molecule has 0 aromatic carbocycles. The zero-order chi connectivity index (χ0) is 18.6. The molecule has 3 heterocycles. The summed E-state index contributed by atoms with van der Waals surface area (Å²) in [5.41, 5.74) is 1.16. The maximum atomic E-state index is 12.5. The van der Waals surface area contributed by atoms with E-state index in [1.54, 1.807) is 6.20 Å². The Hall–Kier alpha value is -2.50. The van der Waals surface area contributed by atoms with E-state index in [2.05, 4.69) is 15.0 Å². The number of hydrogen-bond acceptors (Lipinski definition) is 4. The van der Waals surface area contributed by atoms with Crippen LogP contribution in [0.4, 0.5) is 0 Å². The second-order valence-corrected chi connectivity index (χ2v) is 7.74. The second-order valence-electron chi connectivity index (χ2n) is 7.74. The number of piperidine rings is 1. The average Bonchev–Trinajstić information content (AvgIpc) is 3.21. The maximum absolute atomic E-state index is 12.5. The molecule has 2 fully saturated rings. The minimum atomic E-state index is -0.152. The second kappa shape index (κ2) is 8.03. The van der Waals surface area contributed by atoms with Crippen molar-refractivity contribution in [2.75, 3.05) is 13.1 Å². The molecule has 6 heteroatoms. The van der Waals surface area contributed by atoms with Gasteiger partial charge < -0.3 is 9.88 Å². The molecule has 1 saturated heterocycles. The van der Waals surface area contributed by atoms with Crippen LogP contribution >= 0.6 is 0 Å². The third-order valence-corrected chi connectivity index (χ3v) is 5.86. The van der Waals surface area contributed by atoms with Crippen LogP contribution in [0.5, 0.6) is 0 Å². The highest BCUT2D eigenvalue weighted by molar-refractivity contribution is 5.76. The van der Waals surface area contributed by atoms with Gasteiger partial charge in [0.1, 0.15) is 5.82 Å². The Balaban J connectivity index is 1.41. The Bertz CT molecular complexity index is 835. The van der Waals surface area contributed by atoms with Crippen molar-refractivity contribution in [3.8, 4) is 11.4 Å². The van der Waals surface area contributed by atoms with Crippen LogP contribution in [-0.2, 0) is 4.79 Å². The van der Waals surface area contributed by atoms with E-state index in [9.17, 15) is 9.59 Å². The number of aromatic amines is 1. The molecule has 27 heavy (non-hydrogen) atoms. The summed E-state index contributed by atoms with van der Waals surface area (Å²) in [5.74, 6) is 1.77. The van der Waals surface area contributed by atoms with E-state index in [1.165, 1.54) is 31.7 Å². The minimum absolute atomic E-state index is 0.152. The van der Waals surface area contributed by atoms with Crippen molar-refractivity contribution in [2.24, 2.45) is 5.92 Å². The summed E-state index contributed by atoms with van der Waals surface area (Å²) >= 11 is 0. The van der Waals surface area contributed by atoms with Crippen LogP contribution in [0.2, 0.25) is 0 Å². The first kappa shape index (κ1) is 17.9. The van der Waals surface area contributed by atoms with E-state index in [-0.39, 0.29) is 11.5 Å². The van der Waals surface area contributed by atoms with Crippen LogP contribution in [0.3, 0.4) is 0 Å². The summed E-state index contributed by atoms with van der Waals surface area (Å²) < 4.78 is 0. The lowest BCUT2D eigenvalue weighted by Crippen LogP contribution is -2.39. The fourth-order valence-corrected chi connectivity index (χ4v) is 4.31. The van der Waals surface area contributed by atoms with Crippen LogP contribution in [0.1, 0.15) is 56.7 Å². The monoisotopic (exact) mass is 366 g/mol. The predicted molar refractivity (Wildman–Crippen MR) is 103 cm³/mol. The molecule has 0 unspecified atom stereocenters. The fraction of sp³-hybridized carbons (Fsp3) is 0.524. The molecule has 142 valence electrons. The van der Waals surface area contributed by atoms with Gasteiger partial charge >= 0.3 is 0 Å². The fourth-order valence-electron chi connectivity index (χ4n) is 4.31. The summed E-state index contributed by atoms with van der Waals surface area (Å²) in [6.45, 7) is 1.49. The van der Waals surface area contributed by atoms with Crippen LogP contribution in [0, 0.1) is 5.92 Å². The van der Waals surface area contributed by atoms with Gasteiger partial charge in [-0.25, -0.2) is 4.98 Å². The standard InChI is InChI=1S/C21H26N4O2/c26-19-14-18(17-7-3-4-10-22-17)23-21(24-19)16-8-11-25(12-9-16)20(27)13-15-5-1-2-6-15/h3-4,7,10,14-16H,1-2,5-6,8-9,11-13H2,(H,23,24,26). The van der Waals surface area contributed by atoms with Gasteiger partial charge in [-0.1, -0.05) is 18.9 Å². The molecule has 2 aromatic heterocycles. The van der Waals surface area contributed by atoms with Gasteiger partial charge in [0.05, 0.1) is 11.4 Å². The van der Waals surface area contributed by atoms with Crippen molar-refractivity contribution in [1.82, 2.24) is 19.9 Å². The highest BCUT2D eigenvalue weighted by Crippen LogP contribution is 2.30. The zero-order valence-corrected chi connectivity index (χ0v) is 15.6. The van der Waals surface area contributed by atoms with Gasteiger partial charge in [0.25, 0.3) is 5.56 Å². The summed E-state index contributed by atoms with van der Waals surface area (Å²) in [4.78, 5) is 38.5. The first-order chi connectivity index (χ1) is 13.2. The lowest BCUT2D eigenvalue weighted by atomic mass is 9.94. The van der Waals surface area contributed by atoms with Crippen LogP contribution in [-0.4, -0.2) is 38.8 Å². The summed E-state index contributed by atoms with van der Waals surface area (Å²) in [5, 5.41) is 0. The highest BCUT2D eigenvalue weighted by atomic mass is 16.2. The van der Waals surface area contributed by atoms with E-state index in [0.29, 0.717) is 35.5 Å². The smallest absolute Gasteiger partial charge is 0.251 e. The van der Waals surface area contributed by atoms with Crippen LogP contribution < -0.4 is 5.56 Å². The topological polar surface area (TPSA) is 79.0 Å². The van der Waals surface area contributed by atoms with E-state index in [4.69, 9.17) is 0 Å². The van der Waals surface area contributed by atoms with Gasteiger partial charge in [-0.05, 0) is 43.7 Å². The molecule has 1 amide bonds. The van der Waals surface area contributed by atoms with Crippen molar-refractivity contribution in [3.63, 3.8) is 0 Å². The number of nitrogens with one attached hydrogen (secondary N) is 1. The minimum Gasteiger partial charge on any atom is -0.343 e. The maximum Gasteiger partial charge on any atom is 0.251 e. The first-order valence-corrected chi connectivity index (χ1v) is 9.99. The molecule has 0 bridgehead atoms. The lowest BCUT2D eigenvalue weighted by Gasteiger charge is -2.32. The molecule has 1 N–H and O–H groups in total. The average molecular weight is 366 g/mol. The molecule has 4 rings (SSSR count). The summed E-state index contributed by atoms with van der Waals surface area (Å²) in [6.07, 6.45) is 9.02. The number of pyridine rings is 1. The number of rotatable bonds is 4. The molecular weight excluding hydrogens is 340 g/mol. The van der Waals surface area contributed by atoms with E-state index >= 15 is 0 Å². The number of nitrogens with zero attached hydrogens (tertiary/aromatic N) is 3. The van der Waals surface area contributed by atoms with Crippen LogP contribution in [0.15, 0.2) is 35.3 Å². The molecular formula is C21H26N4O2. The Labute approximate surface area is 159 Å². The van der Waals surface area contributed by atoms with E-state index < -0.39 is 0 Å². The van der Waals surface area contributed by atoms with Crippen molar-refractivity contribution < 1.29 is 4.79 Å². The van der Waals surface area contributed by atoms with Gasteiger partial charge in [0.15, 0.2) is 0 Å². The number of likely N-dealkylation sites (tertiary alicyclic amines) is 1. The molecule has 2 aliphatic rings. The SMILES string of the molecule is O=C(CC1CCCC1)N1CCC(c2nc(-c3ccccn3)cc(=O)[nH]2)CC1. The Morgan fingerprint density at radius 3 is 2.59 bits per heavy atom. The van der Waals surface area contributed by atoms with Crippen molar-refractivity contribution in [2.45, 2.75) is 50.9 Å². The number of carbonyl (C=O) groups excluding carboxylic acids is 1. The van der Waals surface area contributed by atoms with E-state index in [0.717, 1.165) is 25.9 Å². The number of H-pyrrole nitrogens is 1. The van der Waals surface area contributed by atoms with Crippen LogP contribution in [0.25, 0.3) is 11.4 Å². The predicted octanol–water partition coefficient (Wildman–Crippen LogP) is 3.12. The summed E-state index contributed by atoms with van der Waals surface area (Å²) in [6, 6.07) is 7.08. The third-order valence-electron chi connectivity index (χ3n) is 5.86. The zero-order valence-electron chi connectivity index (χ0n) is 15.6. The molecule has 1 saturated carbocycles. The van der Waals surface area contributed by atoms with Crippen molar-refractivity contribution >= 4 is 5.91 Å². The normalized spacial score (nSPS) is 18.7. The molecule has 2 aromatic rings. The van der Waals surface area contributed by atoms with Gasteiger partial charge in [-0.15, -0.1) is 0 Å². The molecule has 0 spiro atoms. The molecule has 6 nitrogen and oxygen atoms in total. The molecule has 0 radical (unpaired) electrons. The first-order valence-electron chi connectivity index (χ1n) is 9.99. The molecule has 0 atom stereocenters. The van der Waals surface area contributed by atoms with Crippen molar-refractivity contribution in [3.05, 3.63) is 46.6 Å². The Morgan fingerprint density at radius 2 is 1.89 bits per heavy atom. The molecule has 1 aliphatic heterocycles. The number of hydrogen-bond donors (Lipinski definition) is 1. The Kier molecular flexibility index (Phi) is 5.32. The number of carbonyl (C=O) groups is 1. The van der Waals surface area contributed by atoms with Gasteiger partial charge in [0, 0.05) is 37.7 Å². The lowest BCUT2D eigenvalue weighted by molar-refractivity contribution is -0.133.